The van der Waals surface area contributed by atoms with E-state index in [-0.39, 0.29) is 6.54 Å². The maximum Gasteiger partial charge on any atom is 0.338 e. The largest absolute Gasteiger partial charge is 0.452 e. The van der Waals surface area contributed by atoms with Crippen molar-refractivity contribution in [2.75, 3.05) is 25.5 Å². The predicted octanol–water partition coefficient (Wildman–Crippen LogP) is 2.64. The van der Waals surface area contributed by atoms with Gasteiger partial charge in [-0.05, 0) is 48.4 Å². The van der Waals surface area contributed by atoms with Gasteiger partial charge in [-0.25, -0.2) is 9.18 Å². The summed E-state index contributed by atoms with van der Waals surface area (Å²) in [6.45, 7) is 1.32. The second kappa shape index (κ2) is 9.47. The van der Waals surface area contributed by atoms with Crippen LogP contribution in [0.3, 0.4) is 0 Å². The number of rotatable bonds is 7. The summed E-state index contributed by atoms with van der Waals surface area (Å²) >= 11 is 0. The molecule has 0 bridgehead atoms. The summed E-state index contributed by atoms with van der Waals surface area (Å²) in [5.74, 6) is -1.97. The van der Waals surface area contributed by atoms with Gasteiger partial charge in [0.15, 0.2) is 6.61 Å². The molecule has 0 saturated heterocycles. The first-order valence-corrected chi connectivity index (χ1v) is 8.44. The Balaban J connectivity index is 1.79. The van der Waals surface area contributed by atoms with Crippen LogP contribution < -0.4 is 5.32 Å². The number of nitrogens with one attached hydrogen (secondary N) is 1. The van der Waals surface area contributed by atoms with E-state index in [0.29, 0.717) is 11.3 Å². The molecule has 2 aromatic rings. The Bertz CT molecular complexity index is 804. The normalized spacial score (nSPS) is 10.2. The predicted molar refractivity (Wildman–Crippen MR) is 98.8 cm³/mol. The molecule has 142 valence electrons. The molecule has 2 amide bonds. The summed E-state index contributed by atoms with van der Waals surface area (Å²) in [7, 11) is 1.43. The topological polar surface area (TPSA) is 75.7 Å². The highest BCUT2D eigenvalue weighted by Crippen LogP contribution is 2.09. The van der Waals surface area contributed by atoms with Crippen LogP contribution in [-0.2, 0) is 20.7 Å². The molecule has 0 saturated carbocycles. The number of anilines is 1. The highest BCUT2D eigenvalue weighted by Gasteiger charge is 2.16. The highest BCUT2D eigenvalue weighted by atomic mass is 19.1. The summed E-state index contributed by atoms with van der Waals surface area (Å²) in [5, 5.41) is 2.55. The molecule has 0 aliphatic rings. The zero-order valence-electron chi connectivity index (χ0n) is 15.2. The van der Waals surface area contributed by atoms with Crippen molar-refractivity contribution in [2.45, 2.75) is 13.3 Å². The third-order valence-electron chi connectivity index (χ3n) is 3.86. The third-order valence-corrected chi connectivity index (χ3v) is 3.86. The van der Waals surface area contributed by atoms with Gasteiger partial charge in [-0.1, -0.05) is 19.1 Å². The monoisotopic (exact) mass is 372 g/mol. The zero-order valence-corrected chi connectivity index (χ0v) is 15.2. The summed E-state index contributed by atoms with van der Waals surface area (Å²) in [6.07, 6.45) is 0.860. The van der Waals surface area contributed by atoms with E-state index in [0.717, 1.165) is 16.9 Å². The molecule has 0 spiro atoms. The number of esters is 1. The van der Waals surface area contributed by atoms with Gasteiger partial charge in [-0.2, -0.15) is 0 Å². The van der Waals surface area contributed by atoms with Crippen LogP contribution in [0.1, 0.15) is 22.8 Å². The van der Waals surface area contributed by atoms with Crippen LogP contribution in [-0.4, -0.2) is 42.9 Å². The summed E-state index contributed by atoms with van der Waals surface area (Å²) in [5.41, 5.74) is 1.87. The Kier molecular flexibility index (Phi) is 7.05. The van der Waals surface area contributed by atoms with Gasteiger partial charge < -0.3 is 15.0 Å². The molecule has 0 aromatic heterocycles. The van der Waals surface area contributed by atoms with E-state index >= 15 is 0 Å². The lowest BCUT2D eigenvalue weighted by Crippen LogP contribution is -2.37. The number of carbonyl (C=O) groups excluding carboxylic acids is 3. The summed E-state index contributed by atoms with van der Waals surface area (Å²) < 4.78 is 17.8. The summed E-state index contributed by atoms with van der Waals surface area (Å²) in [4.78, 5) is 37.1. The average molecular weight is 372 g/mol. The second-order valence-electron chi connectivity index (χ2n) is 5.93. The fourth-order valence-electron chi connectivity index (χ4n) is 2.23. The van der Waals surface area contributed by atoms with Crippen LogP contribution in [0.4, 0.5) is 10.1 Å². The smallest absolute Gasteiger partial charge is 0.338 e. The number of benzene rings is 2. The lowest BCUT2D eigenvalue weighted by atomic mass is 10.1. The Labute approximate surface area is 156 Å². The first-order chi connectivity index (χ1) is 12.9. The van der Waals surface area contributed by atoms with Gasteiger partial charge in [0, 0.05) is 12.7 Å². The molecule has 1 N–H and O–H groups in total. The van der Waals surface area contributed by atoms with Gasteiger partial charge in [0.2, 0.25) is 5.91 Å². The lowest BCUT2D eigenvalue weighted by Gasteiger charge is -2.16. The van der Waals surface area contributed by atoms with Crippen LogP contribution in [0, 0.1) is 5.82 Å². The molecule has 0 atom stereocenters. The molecule has 2 aromatic carbocycles. The number of hydrogen-bond donors (Lipinski definition) is 1. The van der Waals surface area contributed by atoms with Crippen LogP contribution >= 0.6 is 0 Å². The van der Waals surface area contributed by atoms with E-state index in [1.807, 2.05) is 19.1 Å². The van der Waals surface area contributed by atoms with Crippen molar-refractivity contribution >= 4 is 23.5 Å². The van der Waals surface area contributed by atoms with Crippen LogP contribution in [0.25, 0.3) is 0 Å². The van der Waals surface area contributed by atoms with E-state index in [4.69, 9.17) is 4.74 Å². The fraction of sp³-hybridized carbons (Fsp3) is 0.250. The van der Waals surface area contributed by atoms with Crippen LogP contribution in [0.2, 0.25) is 0 Å². The number of likely N-dealkylation sites (N-methyl/N-ethyl adjacent to an activating group) is 1. The molecule has 7 heteroatoms. The summed E-state index contributed by atoms with van der Waals surface area (Å²) in [6, 6.07) is 12.2. The SMILES string of the molecule is CCc1ccc(C(=O)OCC(=O)N(C)CC(=O)Nc2ccc(F)cc2)cc1. The molecular formula is C20H21FN2O4. The number of ether oxygens (including phenoxy) is 1. The minimum atomic E-state index is -0.602. The standard InChI is InChI=1S/C20H21FN2O4/c1-3-14-4-6-15(7-5-14)20(26)27-13-19(25)23(2)12-18(24)22-17-10-8-16(21)9-11-17/h4-11H,3,12-13H2,1-2H3,(H,22,24). The van der Waals surface area contributed by atoms with Crippen molar-refractivity contribution < 1.29 is 23.5 Å². The van der Waals surface area contributed by atoms with Gasteiger partial charge in [-0.15, -0.1) is 0 Å². The molecule has 0 aliphatic carbocycles. The molecule has 2 rings (SSSR count). The highest BCUT2D eigenvalue weighted by molar-refractivity contribution is 5.95. The fourth-order valence-corrected chi connectivity index (χ4v) is 2.23. The molecule has 27 heavy (non-hydrogen) atoms. The first-order valence-electron chi connectivity index (χ1n) is 8.44. The van der Waals surface area contributed by atoms with Crippen molar-refractivity contribution in [2.24, 2.45) is 0 Å². The van der Waals surface area contributed by atoms with Crippen LogP contribution in [0.5, 0.6) is 0 Å². The minimum absolute atomic E-state index is 0.223. The Morgan fingerprint density at radius 2 is 1.67 bits per heavy atom. The lowest BCUT2D eigenvalue weighted by molar-refractivity contribution is -0.136. The van der Waals surface area contributed by atoms with Gasteiger partial charge >= 0.3 is 5.97 Å². The maximum absolute atomic E-state index is 12.8. The number of aryl methyl sites for hydroxylation is 1. The average Bonchev–Trinajstić information content (AvgIpc) is 2.67. The Morgan fingerprint density at radius 1 is 1.04 bits per heavy atom. The quantitative estimate of drug-likeness (QED) is 0.758. The van der Waals surface area contributed by atoms with Crippen LogP contribution in [0.15, 0.2) is 48.5 Å². The van der Waals surface area contributed by atoms with E-state index in [1.165, 1.54) is 31.3 Å². The molecule has 0 unspecified atom stereocenters. The second-order valence-corrected chi connectivity index (χ2v) is 5.93. The van der Waals surface area contributed by atoms with E-state index in [2.05, 4.69) is 5.32 Å². The van der Waals surface area contributed by atoms with Crippen molar-refractivity contribution in [1.82, 2.24) is 4.90 Å². The van der Waals surface area contributed by atoms with Crippen molar-refractivity contribution in [1.29, 1.82) is 0 Å². The van der Waals surface area contributed by atoms with Crippen molar-refractivity contribution in [3.8, 4) is 0 Å². The number of halogens is 1. The number of nitrogens with zero attached hydrogens (tertiary/aromatic N) is 1. The number of hydrogen-bond acceptors (Lipinski definition) is 4. The molecule has 0 heterocycles. The number of carbonyl (C=O) groups is 3. The first kappa shape index (κ1) is 20.1. The van der Waals surface area contributed by atoms with E-state index < -0.39 is 30.2 Å². The Hall–Kier alpha value is -3.22. The third kappa shape index (κ3) is 6.22. The van der Waals surface area contributed by atoms with Gasteiger partial charge in [-0.3, -0.25) is 9.59 Å². The van der Waals surface area contributed by atoms with Gasteiger partial charge in [0.1, 0.15) is 5.82 Å². The van der Waals surface area contributed by atoms with E-state index in [1.54, 1.807) is 12.1 Å². The van der Waals surface area contributed by atoms with Gasteiger partial charge in [0.25, 0.3) is 5.91 Å². The van der Waals surface area contributed by atoms with Crippen molar-refractivity contribution in [3.05, 3.63) is 65.5 Å². The number of amides is 2. The molecule has 0 fully saturated rings. The van der Waals surface area contributed by atoms with E-state index in [9.17, 15) is 18.8 Å². The molecule has 0 aliphatic heterocycles. The minimum Gasteiger partial charge on any atom is -0.452 e. The molecule has 0 radical (unpaired) electrons. The molecular weight excluding hydrogens is 351 g/mol. The maximum atomic E-state index is 12.8. The zero-order chi connectivity index (χ0) is 19.8. The van der Waals surface area contributed by atoms with Gasteiger partial charge in [0.05, 0.1) is 12.1 Å². The molecule has 6 nitrogen and oxygen atoms in total. The van der Waals surface area contributed by atoms with Crippen molar-refractivity contribution in [3.63, 3.8) is 0 Å². The Morgan fingerprint density at radius 3 is 2.26 bits per heavy atom.